The first kappa shape index (κ1) is 11.3. The minimum Gasteiger partial charge on any atom is -0.507 e. The zero-order valence-electron chi connectivity index (χ0n) is 8.87. The Morgan fingerprint density at radius 1 is 1.53 bits per heavy atom. The molecule has 1 aromatic heterocycles. The highest BCUT2D eigenvalue weighted by atomic mass is 35.5. The summed E-state index contributed by atoms with van der Waals surface area (Å²) in [5.41, 5.74) is 6.55. The smallest absolute Gasteiger partial charge is 0.263 e. The van der Waals surface area contributed by atoms with E-state index in [1.807, 2.05) is 0 Å². The van der Waals surface area contributed by atoms with Crippen molar-refractivity contribution >= 4 is 23.8 Å². The Morgan fingerprint density at radius 2 is 2.29 bits per heavy atom. The van der Waals surface area contributed by atoms with Crippen LogP contribution in [0.1, 0.15) is 11.1 Å². The van der Waals surface area contributed by atoms with Crippen LogP contribution in [-0.2, 0) is 0 Å². The number of hydrogen-bond acceptors (Lipinski definition) is 6. The van der Waals surface area contributed by atoms with Crippen LogP contribution in [0.25, 0.3) is 0 Å². The average Bonchev–Trinajstić information content (AvgIpc) is 2.67. The van der Waals surface area contributed by atoms with Crippen molar-refractivity contribution in [3.8, 4) is 5.75 Å². The molecule has 0 bridgehead atoms. The Labute approximate surface area is 102 Å². The number of nitrogens with two attached hydrogens (primary N) is 1. The number of benzene rings is 1. The minimum absolute atomic E-state index is 0.0551. The molecule has 0 aliphatic heterocycles. The molecule has 88 valence electrons. The summed E-state index contributed by atoms with van der Waals surface area (Å²) < 4.78 is 0. The molecule has 2 rings (SSSR count). The molecule has 0 spiro atoms. The molecule has 7 nitrogen and oxygen atoms in total. The maximum atomic E-state index is 9.78. The van der Waals surface area contributed by atoms with Crippen LogP contribution < -0.4 is 5.73 Å². The third kappa shape index (κ3) is 2.34. The molecule has 0 amide bonds. The Kier molecular flexibility index (Phi) is 2.92. The molecule has 2 aromatic rings. The minimum atomic E-state index is 0.0551. The summed E-state index contributed by atoms with van der Waals surface area (Å²) in [5.74, 6) is 0.157. The fourth-order valence-electron chi connectivity index (χ4n) is 1.25. The van der Waals surface area contributed by atoms with Gasteiger partial charge in [0.15, 0.2) is 0 Å². The number of aryl methyl sites for hydroxylation is 1. The zero-order valence-corrected chi connectivity index (χ0v) is 9.63. The Balaban J connectivity index is 2.37. The number of anilines is 1. The van der Waals surface area contributed by atoms with E-state index in [-0.39, 0.29) is 11.7 Å². The number of tetrazole rings is 1. The second-order valence-electron chi connectivity index (χ2n) is 3.33. The number of hydrogen-bond donors (Lipinski definition) is 2. The second-order valence-corrected chi connectivity index (χ2v) is 3.77. The Bertz CT molecular complexity index is 579. The normalized spacial score (nSPS) is 11.2. The van der Waals surface area contributed by atoms with Crippen LogP contribution in [0.2, 0.25) is 5.02 Å². The van der Waals surface area contributed by atoms with E-state index >= 15 is 0 Å². The second kappa shape index (κ2) is 4.38. The summed E-state index contributed by atoms with van der Waals surface area (Å²) in [7, 11) is 0. The number of rotatable bonds is 2. The van der Waals surface area contributed by atoms with Crippen molar-refractivity contribution < 1.29 is 5.11 Å². The van der Waals surface area contributed by atoms with Gasteiger partial charge in [-0.15, -0.1) is 0 Å². The van der Waals surface area contributed by atoms with Crippen LogP contribution in [0.4, 0.5) is 5.95 Å². The topological polar surface area (TPSA) is 102 Å². The van der Waals surface area contributed by atoms with E-state index in [4.69, 9.17) is 17.3 Å². The van der Waals surface area contributed by atoms with Crippen molar-refractivity contribution in [3.63, 3.8) is 0 Å². The number of nitrogens with zero attached hydrogens (tertiary/aromatic N) is 5. The largest absolute Gasteiger partial charge is 0.507 e. The van der Waals surface area contributed by atoms with E-state index < -0.39 is 0 Å². The lowest BCUT2D eigenvalue weighted by Crippen LogP contribution is -2.00. The first-order valence-corrected chi connectivity index (χ1v) is 5.03. The lowest BCUT2D eigenvalue weighted by atomic mass is 10.1. The van der Waals surface area contributed by atoms with Gasteiger partial charge in [-0.05, 0) is 35.0 Å². The molecule has 0 saturated carbocycles. The fourth-order valence-corrected chi connectivity index (χ4v) is 1.53. The third-order valence-corrected chi connectivity index (χ3v) is 2.30. The van der Waals surface area contributed by atoms with Crippen molar-refractivity contribution in [1.82, 2.24) is 20.3 Å². The van der Waals surface area contributed by atoms with Crippen LogP contribution in [0, 0.1) is 6.92 Å². The van der Waals surface area contributed by atoms with Gasteiger partial charge in [0.05, 0.1) is 6.21 Å². The van der Waals surface area contributed by atoms with Crippen LogP contribution in [0.3, 0.4) is 0 Å². The molecule has 0 unspecified atom stereocenters. The third-order valence-electron chi connectivity index (χ3n) is 2.08. The van der Waals surface area contributed by atoms with Gasteiger partial charge >= 0.3 is 0 Å². The van der Waals surface area contributed by atoms with Gasteiger partial charge in [-0.1, -0.05) is 21.5 Å². The molecule has 0 radical (unpaired) electrons. The van der Waals surface area contributed by atoms with E-state index in [1.165, 1.54) is 6.21 Å². The van der Waals surface area contributed by atoms with Crippen molar-refractivity contribution in [2.45, 2.75) is 6.92 Å². The predicted octanol–water partition coefficient (Wildman–Crippen LogP) is 0.805. The molecule has 1 aromatic carbocycles. The SMILES string of the molecule is Cc1cc(Cl)cc(C=Nn2nnnc2N)c1O. The summed E-state index contributed by atoms with van der Waals surface area (Å²) in [6.45, 7) is 1.74. The highest BCUT2D eigenvalue weighted by molar-refractivity contribution is 6.31. The van der Waals surface area contributed by atoms with Gasteiger partial charge in [-0.3, -0.25) is 0 Å². The molecule has 0 fully saturated rings. The van der Waals surface area contributed by atoms with Gasteiger partial charge in [0.2, 0.25) is 0 Å². The number of phenolic OH excluding ortho intramolecular Hbond substituents is 1. The van der Waals surface area contributed by atoms with Gasteiger partial charge in [0.25, 0.3) is 5.95 Å². The number of phenols is 1. The molecule has 3 N–H and O–H groups in total. The Morgan fingerprint density at radius 3 is 2.94 bits per heavy atom. The van der Waals surface area contributed by atoms with E-state index in [1.54, 1.807) is 19.1 Å². The van der Waals surface area contributed by atoms with E-state index in [0.717, 1.165) is 4.79 Å². The predicted molar refractivity (Wildman–Crippen MR) is 63.1 cm³/mol. The molecule has 8 heteroatoms. The first-order valence-electron chi connectivity index (χ1n) is 4.65. The van der Waals surface area contributed by atoms with Gasteiger partial charge in [-0.2, -0.15) is 5.10 Å². The summed E-state index contributed by atoms with van der Waals surface area (Å²) in [4.78, 5) is 1.04. The molecule has 0 aliphatic rings. The first-order chi connectivity index (χ1) is 8.08. The van der Waals surface area contributed by atoms with E-state index in [0.29, 0.717) is 16.1 Å². The fraction of sp³-hybridized carbons (Fsp3) is 0.111. The highest BCUT2D eigenvalue weighted by Crippen LogP contribution is 2.24. The van der Waals surface area contributed by atoms with Crippen molar-refractivity contribution in [2.75, 3.05) is 5.73 Å². The maximum Gasteiger partial charge on any atom is 0.263 e. The average molecular weight is 253 g/mol. The number of halogens is 1. The van der Waals surface area contributed by atoms with Gasteiger partial charge < -0.3 is 10.8 Å². The van der Waals surface area contributed by atoms with Crippen LogP contribution in [-0.4, -0.2) is 31.6 Å². The molecular weight excluding hydrogens is 244 g/mol. The molecule has 0 atom stereocenters. The van der Waals surface area contributed by atoms with Gasteiger partial charge in [0.1, 0.15) is 5.75 Å². The van der Waals surface area contributed by atoms with Crippen LogP contribution >= 0.6 is 11.6 Å². The molecular formula is C9H9ClN6O. The number of aromatic hydroxyl groups is 1. The van der Waals surface area contributed by atoms with Crippen LogP contribution in [0.5, 0.6) is 5.75 Å². The monoisotopic (exact) mass is 252 g/mol. The van der Waals surface area contributed by atoms with E-state index in [9.17, 15) is 5.11 Å². The summed E-state index contributed by atoms with van der Waals surface area (Å²) in [6.07, 6.45) is 1.38. The van der Waals surface area contributed by atoms with Gasteiger partial charge in [0, 0.05) is 10.6 Å². The molecule has 1 heterocycles. The lowest BCUT2D eigenvalue weighted by molar-refractivity contribution is 0.470. The summed E-state index contributed by atoms with van der Waals surface area (Å²) >= 11 is 5.87. The molecule has 0 aliphatic carbocycles. The number of aromatic nitrogens is 4. The summed E-state index contributed by atoms with van der Waals surface area (Å²) in [5, 5.41) is 24.5. The standard InChI is InChI=1S/C9H9ClN6O/c1-5-2-7(10)3-6(8(5)17)4-12-16-9(11)13-14-15-16/h2-4,17H,1H3,(H2,11,13,15). The van der Waals surface area contributed by atoms with Crippen LogP contribution in [0.15, 0.2) is 17.2 Å². The molecule has 17 heavy (non-hydrogen) atoms. The molecule has 0 saturated heterocycles. The van der Waals surface area contributed by atoms with Crippen molar-refractivity contribution in [1.29, 1.82) is 0 Å². The van der Waals surface area contributed by atoms with Crippen molar-refractivity contribution in [3.05, 3.63) is 28.3 Å². The van der Waals surface area contributed by atoms with E-state index in [2.05, 4.69) is 20.6 Å². The zero-order chi connectivity index (χ0) is 12.4. The highest BCUT2D eigenvalue weighted by Gasteiger charge is 2.05. The quantitative estimate of drug-likeness (QED) is 0.770. The van der Waals surface area contributed by atoms with Gasteiger partial charge in [-0.25, -0.2) is 0 Å². The number of nitrogen functional groups attached to an aromatic ring is 1. The maximum absolute atomic E-state index is 9.78. The Hall–Kier alpha value is -2.15. The van der Waals surface area contributed by atoms with Crippen molar-refractivity contribution in [2.24, 2.45) is 5.10 Å². The summed E-state index contributed by atoms with van der Waals surface area (Å²) in [6, 6.07) is 3.23. The lowest BCUT2D eigenvalue weighted by Gasteiger charge is -2.03.